The summed E-state index contributed by atoms with van der Waals surface area (Å²) in [6.45, 7) is 3.13. The maximum absolute atomic E-state index is 13.9. The summed E-state index contributed by atoms with van der Waals surface area (Å²) >= 11 is 0. The summed E-state index contributed by atoms with van der Waals surface area (Å²) in [5.74, 6) is -1.41. The number of nitrogens with zero attached hydrogens (tertiary/aromatic N) is 4. The van der Waals surface area contributed by atoms with Crippen molar-refractivity contribution in [1.82, 2.24) is 15.0 Å². The monoisotopic (exact) mass is 455 g/mol. The van der Waals surface area contributed by atoms with Gasteiger partial charge in [0.25, 0.3) is 5.91 Å². The topological polar surface area (TPSA) is 89.5 Å². The largest absolute Gasteiger partial charge is 0.487 e. The highest BCUT2D eigenvalue weighted by Crippen LogP contribution is 2.30. The molecule has 1 aliphatic rings. The third kappa shape index (κ3) is 5.33. The Morgan fingerprint density at radius 3 is 2.55 bits per heavy atom. The van der Waals surface area contributed by atoms with Crippen LogP contribution in [0.25, 0.3) is 0 Å². The first kappa shape index (κ1) is 22.4. The predicted octanol–water partition coefficient (Wildman–Crippen LogP) is 3.77. The quantitative estimate of drug-likeness (QED) is 0.605. The van der Waals surface area contributed by atoms with Crippen molar-refractivity contribution < 1.29 is 23.0 Å². The minimum atomic E-state index is -0.714. The van der Waals surface area contributed by atoms with E-state index in [1.807, 2.05) is 13.0 Å². The number of aryl methyl sites for hydroxylation is 1. The number of nitrogens with one attached hydrogen (secondary N) is 1. The summed E-state index contributed by atoms with van der Waals surface area (Å²) in [4.78, 5) is 27.2. The Morgan fingerprint density at radius 2 is 1.88 bits per heavy atom. The number of ether oxygens (including phenoxy) is 2. The molecule has 0 saturated carbocycles. The third-order valence-electron chi connectivity index (χ3n) is 5.31. The molecule has 0 bridgehead atoms. The predicted molar refractivity (Wildman–Crippen MR) is 118 cm³/mol. The van der Waals surface area contributed by atoms with E-state index in [2.05, 4.69) is 25.2 Å². The van der Waals surface area contributed by atoms with Gasteiger partial charge in [-0.25, -0.2) is 18.7 Å². The Kier molecular flexibility index (Phi) is 6.62. The molecule has 10 heteroatoms. The van der Waals surface area contributed by atoms with Gasteiger partial charge in [-0.2, -0.15) is 0 Å². The number of anilines is 2. The molecule has 0 aliphatic carbocycles. The molecule has 8 nitrogen and oxygen atoms in total. The molecule has 1 amide bonds. The van der Waals surface area contributed by atoms with Crippen LogP contribution in [0.4, 0.5) is 20.2 Å². The van der Waals surface area contributed by atoms with E-state index in [1.54, 1.807) is 6.20 Å². The van der Waals surface area contributed by atoms with E-state index in [1.165, 1.54) is 31.6 Å². The number of pyridine rings is 1. The van der Waals surface area contributed by atoms with Gasteiger partial charge in [-0.3, -0.25) is 9.78 Å². The van der Waals surface area contributed by atoms with Crippen LogP contribution in [0.5, 0.6) is 11.6 Å². The van der Waals surface area contributed by atoms with Crippen molar-refractivity contribution in [3.8, 4) is 11.6 Å². The van der Waals surface area contributed by atoms with Gasteiger partial charge in [0.05, 0.1) is 37.1 Å². The van der Waals surface area contributed by atoms with Gasteiger partial charge in [0.1, 0.15) is 17.6 Å². The van der Waals surface area contributed by atoms with Crippen LogP contribution in [-0.4, -0.2) is 47.2 Å². The molecule has 0 spiro atoms. The zero-order valence-corrected chi connectivity index (χ0v) is 18.2. The second kappa shape index (κ2) is 9.76. The Hall–Kier alpha value is -3.82. The number of carbonyl (C=O) groups is 1. The first-order valence-electron chi connectivity index (χ1n) is 10.4. The Balaban J connectivity index is 1.43. The lowest BCUT2D eigenvalue weighted by Crippen LogP contribution is -2.39. The first-order chi connectivity index (χ1) is 15.9. The molecular weight excluding hydrogens is 432 g/mol. The lowest BCUT2D eigenvalue weighted by Gasteiger charge is -2.34. The number of halogens is 2. The number of piperidine rings is 1. The number of carbonyl (C=O) groups excluding carboxylic acids is 1. The average Bonchev–Trinajstić information content (AvgIpc) is 2.82. The summed E-state index contributed by atoms with van der Waals surface area (Å²) < 4.78 is 37.7. The second-order valence-corrected chi connectivity index (χ2v) is 7.62. The van der Waals surface area contributed by atoms with Crippen molar-refractivity contribution in [2.45, 2.75) is 25.9 Å². The molecule has 2 aromatic heterocycles. The number of methoxy groups -OCH3 is 1. The second-order valence-electron chi connectivity index (χ2n) is 7.62. The molecule has 1 N–H and O–H groups in total. The van der Waals surface area contributed by atoms with Gasteiger partial charge in [0.2, 0.25) is 5.88 Å². The molecule has 3 heterocycles. The van der Waals surface area contributed by atoms with Gasteiger partial charge in [0.15, 0.2) is 11.6 Å². The van der Waals surface area contributed by atoms with Crippen molar-refractivity contribution in [2.24, 2.45) is 0 Å². The molecule has 4 rings (SSSR count). The fourth-order valence-electron chi connectivity index (χ4n) is 3.59. The molecule has 33 heavy (non-hydrogen) atoms. The molecule has 1 aliphatic heterocycles. The standard InChI is InChI=1S/C23H23F2N5O3/c1-14-9-20(18(11-26-14)29-23(31)19-12-28-22(32-2)13-27-19)30-7-5-16(6-8-30)33-21-4-3-15(24)10-17(21)25/h3-4,9-13,16H,5-8H2,1-2H3,(H,29,31). The van der Waals surface area contributed by atoms with Crippen LogP contribution in [-0.2, 0) is 0 Å². The Morgan fingerprint density at radius 1 is 1.09 bits per heavy atom. The SMILES string of the molecule is COc1cnc(C(=O)Nc2cnc(C)cc2N2CCC(Oc3ccc(F)cc3F)CC2)cn1. The maximum Gasteiger partial charge on any atom is 0.275 e. The number of benzene rings is 1. The zero-order chi connectivity index (χ0) is 23.4. The van der Waals surface area contributed by atoms with E-state index < -0.39 is 17.5 Å². The maximum atomic E-state index is 13.9. The number of aromatic nitrogens is 3. The molecule has 1 saturated heterocycles. The molecule has 172 valence electrons. The van der Waals surface area contributed by atoms with Gasteiger partial charge >= 0.3 is 0 Å². The lowest BCUT2D eigenvalue weighted by molar-refractivity contribution is 0.102. The third-order valence-corrected chi connectivity index (χ3v) is 5.31. The number of hydrogen-bond acceptors (Lipinski definition) is 7. The molecule has 0 radical (unpaired) electrons. The molecular formula is C23H23F2N5O3. The average molecular weight is 455 g/mol. The van der Waals surface area contributed by atoms with Gasteiger partial charge in [-0.1, -0.05) is 0 Å². The molecule has 0 unspecified atom stereocenters. The van der Waals surface area contributed by atoms with Gasteiger partial charge in [0, 0.05) is 37.7 Å². The highest BCUT2D eigenvalue weighted by molar-refractivity contribution is 6.04. The summed E-state index contributed by atoms with van der Waals surface area (Å²) in [7, 11) is 1.47. The molecule has 3 aromatic rings. The number of rotatable bonds is 6. The van der Waals surface area contributed by atoms with Crippen molar-refractivity contribution in [1.29, 1.82) is 0 Å². The Bertz CT molecular complexity index is 1140. The number of amides is 1. The van der Waals surface area contributed by atoms with Crippen LogP contribution in [0.2, 0.25) is 0 Å². The first-order valence-corrected chi connectivity index (χ1v) is 10.4. The Labute approximate surface area is 189 Å². The minimum absolute atomic E-state index is 0.0446. The normalized spacial score (nSPS) is 14.1. The number of hydrogen-bond donors (Lipinski definition) is 1. The van der Waals surface area contributed by atoms with E-state index in [0.29, 0.717) is 37.5 Å². The van der Waals surface area contributed by atoms with Crippen LogP contribution in [0.3, 0.4) is 0 Å². The van der Waals surface area contributed by atoms with Crippen molar-refractivity contribution >= 4 is 17.3 Å². The molecule has 1 aromatic carbocycles. The van der Waals surface area contributed by atoms with E-state index in [4.69, 9.17) is 9.47 Å². The van der Waals surface area contributed by atoms with E-state index in [-0.39, 0.29) is 17.5 Å². The van der Waals surface area contributed by atoms with Crippen LogP contribution in [0.1, 0.15) is 29.0 Å². The summed E-state index contributed by atoms with van der Waals surface area (Å²) in [6.07, 6.45) is 5.39. The smallest absolute Gasteiger partial charge is 0.275 e. The van der Waals surface area contributed by atoms with Crippen molar-refractivity contribution in [3.63, 3.8) is 0 Å². The van der Waals surface area contributed by atoms with Crippen molar-refractivity contribution in [3.05, 3.63) is 65.9 Å². The summed E-state index contributed by atoms with van der Waals surface area (Å²) in [5, 5.41) is 2.85. The van der Waals surface area contributed by atoms with Crippen LogP contribution in [0.15, 0.2) is 42.9 Å². The van der Waals surface area contributed by atoms with Gasteiger partial charge in [-0.15, -0.1) is 0 Å². The molecule has 1 fully saturated rings. The minimum Gasteiger partial charge on any atom is -0.487 e. The highest BCUT2D eigenvalue weighted by Gasteiger charge is 2.24. The van der Waals surface area contributed by atoms with Crippen LogP contribution in [0, 0.1) is 18.6 Å². The van der Waals surface area contributed by atoms with Crippen molar-refractivity contribution in [2.75, 3.05) is 30.4 Å². The van der Waals surface area contributed by atoms with E-state index >= 15 is 0 Å². The zero-order valence-electron chi connectivity index (χ0n) is 18.2. The fourth-order valence-corrected chi connectivity index (χ4v) is 3.59. The van der Waals surface area contributed by atoms with Crippen LogP contribution < -0.4 is 19.7 Å². The highest BCUT2D eigenvalue weighted by atomic mass is 19.1. The van der Waals surface area contributed by atoms with E-state index in [0.717, 1.165) is 17.4 Å². The fraction of sp³-hybridized carbons (Fsp3) is 0.304. The lowest BCUT2D eigenvalue weighted by atomic mass is 10.1. The van der Waals surface area contributed by atoms with E-state index in [9.17, 15) is 13.6 Å². The van der Waals surface area contributed by atoms with Gasteiger partial charge in [-0.05, 0) is 25.1 Å². The van der Waals surface area contributed by atoms with Crippen LogP contribution >= 0.6 is 0 Å². The molecule has 0 atom stereocenters. The summed E-state index contributed by atoms with van der Waals surface area (Å²) in [5.41, 5.74) is 2.32. The van der Waals surface area contributed by atoms with Gasteiger partial charge < -0.3 is 19.7 Å². The summed E-state index contributed by atoms with van der Waals surface area (Å²) in [6, 6.07) is 5.19.